The Morgan fingerprint density at radius 1 is 1.00 bits per heavy atom. The lowest BCUT2D eigenvalue weighted by atomic mass is 9.99. The summed E-state index contributed by atoms with van der Waals surface area (Å²) in [6.45, 7) is 3.85. The zero-order valence-electron chi connectivity index (χ0n) is 16.1. The second-order valence-electron chi connectivity index (χ2n) is 7.43. The molecule has 2 atom stereocenters. The van der Waals surface area contributed by atoms with Gasteiger partial charge in [-0.1, -0.05) is 42.5 Å². The maximum atomic E-state index is 12.3. The van der Waals surface area contributed by atoms with Gasteiger partial charge in [0.25, 0.3) is 0 Å². The van der Waals surface area contributed by atoms with E-state index in [4.69, 9.17) is 0 Å². The van der Waals surface area contributed by atoms with E-state index in [0.717, 1.165) is 25.2 Å². The molecule has 4 rings (SSSR count). The van der Waals surface area contributed by atoms with Crippen LogP contribution in [0.4, 0.5) is 18.9 Å². The Hall–Kier alpha value is -2.73. The third kappa shape index (κ3) is 4.65. The van der Waals surface area contributed by atoms with Gasteiger partial charge in [-0.25, -0.2) is 0 Å². The molecule has 1 saturated heterocycles. The summed E-state index contributed by atoms with van der Waals surface area (Å²) >= 11 is 0. The number of hydrogen-bond acceptors (Lipinski definition) is 3. The fourth-order valence-corrected chi connectivity index (χ4v) is 4.06. The van der Waals surface area contributed by atoms with E-state index in [-0.39, 0.29) is 11.8 Å². The fraction of sp³-hybridized carbons (Fsp3) is 0.304. The van der Waals surface area contributed by atoms with Gasteiger partial charge in [-0.2, -0.15) is 0 Å². The van der Waals surface area contributed by atoms with Crippen molar-refractivity contribution < 1.29 is 17.9 Å². The first-order valence-electron chi connectivity index (χ1n) is 9.73. The Balaban J connectivity index is 1.40. The molecule has 152 valence electrons. The summed E-state index contributed by atoms with van der Waals surface area (Å²) in [6.07, 6.45) is -3.68. The van der Waals surface area contributed by atoms with Gasteiger partial charge in [-0.15, -0.1) is 13.2 Å². The Bertz CT molecular complexity index is 967. The third-order valence-electron chi connectivity index (χ3n) is 5.40. The number of nitrogens with one attached hydrogen (secondary N) is 1. The van der Waals surface area contributed by atoms with E-state index in [0.29, 0.717) is 6.04 Å². The van der Waals surface area contributed by atoms with Crippen LogP contribution in [0.1, 0.15) is 24.9 Å². The van der Waals surface area contributed by atoms with E-state index in [1.807, 2.05) is 6.07 Å². The topological polar surface area (TPSA) is 24.5 Å². The lowest BCUT2D eigenvalue weighted by molar-refractivity contribution is -0.274. The average molecular weight is 400 g/mol. The van der Waals surface area contributed by atoms with Crippen molar-refractivity contribution >= 4 is 16.5 Å². The van der Waals surface area contributed by atoms with E-state index in [1.54, 1.807) is 12.1 Å². The van der Waals surface area contributed by atoms with Gasteiger partial charge in [0.15, 0.2) is 0 Å². The highest BCUT2D eigenvalue weighted by molar-refractivity contribution is 5.86. The van der Waals surface area contributed by atoms with Crippen molar-refractivity contribution in [3.05, 3.63) is 72.3 Å². The maximum Gasteiger partial charge on any atom is 0.573 e. The zero-order chi connectivity index (χ0) is 20.4. The van der Waals surface area contributed by atoms with Crippen LogP contribution in [0.5, 0.6) is 5.75 Å². The zero-order valence-corrected chi connectivity index (χ0v) is 16.1. The van der Waals surface area contributed by atoms with E-state index >= 15 is 0 Å². The van der Waals surface area contributed by atoms with Crippen LogP contribution in [-0.2, 0) is 0 Å². The minimum Gasteiger partial charge on any atom is -0.406 e. The summed E-state index contributed by atoms with van der Waals surface area (Å²) in [6, 6.07) is 21.3. The Morgan fingerprint density at radius 3 is 2.48 bits per heavy atom. The van der Waals surface area contributed by atoms with Crippen LogP contribution in [0.25, 0.3) is 10.8 Å². The van der Waals surface area contributed by atoms with Crippen molar-refractivity contribution in [1.29, 1.82) is 0 Å². The van der Waals surface area contributed by atoms with E-state index in [2.05, 4.69) is 58.3 Å². The van der Waals surface area contributed by atoms with Crippen LogP contribution in [-0.4, -0.2) is 25.5 Å². The van der Waals surface area contributed by atoms with Gasteiger partial charge < -0.3 is 15.0 Å². The summed E-state index contributed by atoms with van der Waals surface area (Å²) in [7, 11) is 0. The van der Waals surface area contributed by atoms with Crippen LogP contribution in [0.2, 0.25) is 0 Å². The molecule has 1 N–H and O–H groups in total. The van der Waals surface area contributed by atoms with Gasteiger partial charge in [0, 0.05) is 30.9 Å². The molecule has 0 spiro atoms. The van der Waals surface area contributed by atoms with Crippen LogP contribution >= 0.6 is 0 Å². The fourth-order valence-electron chi connectivity index (χ4n) is 4.06. The second-order valence-corrected chi connectivity index (χ2v) is 7.43. The lowest BCUT2D eigenvalue weighted by Gasteiger charge is -2.23. The molecule has 1 fully saturated rings. The number of benzene rings is 3. The molecule has 29 heavy (non-hydrogen) atoms. The van der Waals surface area contributed by atoms with Gasteiger partial charge >= 0.3 is 6.36 Å². The number of rotatable bonds is 5. The van der Waals surface area contributed by atoms with Gasteiger partial charge in [-0.05, 0) is 53.9 Å². The molecular formula is C23H23F3N2O. The number of alkyl halides is 3. The molecule has 0 aromatic heterocycles. The standard InChI is InChI=1S/C23H23F3N2O/c1-16(21-8-4-6-17-5-2-3-7-22(17)21)27-18-13-14-28(15-18)19-9-11-20(12-10-19)29-23(24,25)26/h2-12,16,18,27H,13-15H2,1H3/t16-,18-/m1/s1. The number of halogens is 3. The molecular weight excluding hydrogens is 377 g/mol. The average Bonchev–Trinajstić information content (AvgIpc) is 3.15. The normalized spacial score (nSPS) is 18.2. The van der Waals surface area contributed by atoms with Crippen molar-refractivity contribution in [3.8, 4) is 5.75 Å². The molecule has 1 heterocycles. The van der Waals surface area contributed by atoms with Crippen LogP contribution < -0.4 is 15.0 Å². The first kappa shape index (κ1) is 19.6. The highest BCUT2D eigenvalue weighted by Gasteiger charge is 2.31. The largest absolute Gasteiger partial charge is 0.573 e. The maximum absolute atomic E-state index is 12.3. The van der Waals surface area contributed by atoms with Crippen molar-refractivity contribution in [1.82, 2.24) is 5.32 Å². The number of hydrogen-bond donors (Lipinski definition) is 1. The monoisotopic (exact) mass is 400 g/mol. The number of anilines is 1. The lowest BCUT2D eigenvalue weighted by Crippen LogP contribution is -2.34. The molecule has 0 bridgehead atoms. The molecule has 0 aliphatic carbocycles. The predicted octanol–water partition coefficient (Wildman–Crippen LogP) is 5.67. The van der Waals surface area contributed by atoms with Crippen molar-refractivity contribution in [2.45, 2.75) is 31.8 Å². The number of nitrogens with zero attached hydrogens (tertiary/aromatic N) is 1. The molecule has 0 unspecified atom stereocenters. The van der Waals surface area contributed by atoms with Crippen LogP contribution in [0.15, 0.2) is 66.7 Å². The van der Waals surface area contributed by atoms with E-state index in [9.17, 15) is 13.2 Å². The molecule has 1 aliphatic rings. The number of ether oxygens (including phenoxy) is 1. The molecule has 6 heteroatoms. The van der Waals surface area contributed by atoms with Crippen molar-refractivity contribution in [2.75, 3.05) is 18.0 Å². The molecule has 1 aliphatic heterocycles. The predicted molar refractivity (Wildman–Crippen MR) is 109 cm³/mol. The first-order valence-corrected chi connectivity index (χ1v) is 9.73. The summed E-state index contributed by atoms with van der Waals surface area (Å²) in [4.78, 5) is 2.19. The second kappa shape index (κ2) is 7.95. The summed E-state index contributed by atoms with van der Waals surface area (Å²) in [5.74, 6) is -0.195. The SMILES string of the molecule is C[C@@H](N[C@@H]1CCN(c2ccc(OC(F)(F)F)cc2)C1)c1cccc2ccccc12. The van der Waals surface area contributed by atoms with Gasteiger partial charge in [0.2, 0.25) is 0 Å². The highest BCUT2D eigenvalue weighted by atomic mass is 19.4. The van der Waals surface area contributed by atoms with E-state index in [1.165, 1.54) is 28.5 Å². The Kier molecular flexibility index (Phi) is 5.37. The summed E-state index contributed by atoms with van der Waals surface area (Å²) in [5, 5.41) is 6.20. The van der Waals surface area contributed by atoms with Crippen LogP contribution in [0, 0.1) is 0 Å². The van der Waals surface area contributed by atoms with Gasteiger partial charge in [0.1, 0.15) is 5.75 Å². The molecule has 0 radical (unpaired) electrons. The Morgan fingerprint density at radius 2 is 1.72 bits per heavy atom. The van der Waals surface area contributed by atoms with Gasteiger partial charge in [-0.3, -0.25) is 0 Å². The minimum absolute atomic E-state index is 0.195. The minimum atomic E-state index is -4.66. The molecule has 0 saturated carbocycles. The highest BCUT2D eigenvalue weighted by Crippen LogP contribution is 2.29. The quantitative estimate of drug-likeness (QED) is 0.597. The Labute approximate surface area is 168 Å². The van der Waals surface area contributed by atoms with Crippen molar-refractivity contribution in [2.24, 2.45) is 0 Å². The number of fused-ring (bicyclic) bond motifs is 1. The van der Waals surface area contributed by atoms with Crippen molar-refractivity contribution in [3.63, 3.8) is 0 Å². The first-order chi connectivity index (χ1) is 13.9. The summed E-state index contributed by atoms with van der Waals surface area (Å²) < 4.78 is 40.9. The molecule has 3 nitrogen and oxygen atoms in total. The molecule has 3 aromatic carbocycles. The smallest absolute Gasteiger partial charge is 0.406 e. The summed E-state index contributed by atoms with van der Waals surface area (Å²) in [5.41, 5.74) is 2.18. The van der Waals surface area contributed by atoms with E-state index < -0.39 is 6.36 Å². The van der Waals surface area contributed by atoms with Gasteiger partial charge in [0.05, 0.1) is 0 Å². The third-order valence-corrected chi connectivity index (χ3v) is 5.40. The molecule has 3 aromatic rings. The van der Waals surface area contributed by atoms with Crippen LogP contribution in [0.3, 0.4) is 0 Å². The molecule has 0 amide bonds.